The molecule has 6 aromatic rings. The van der Waals surface area contributed by atoms with Crippen LogP contribution < -0.4 is 60.8 Å². The molecule has 0 aliphatic carbocycles. The zero-order chi connectivity index (χ0) is 31.7. The Labute approximate surface area is 306 Å². The Kier molecular flexibility index (Phi) is 12.8. The molecule has 0 nitrogen and oxygen atoms in total. The third-order valence-electron chi connectivity index (χ3n) is 8.51. The van der Waals surface area contributed by atoms with Crippen LogP contribution in [-0.2, 0) is 18.3 Å². The predicted molar refractivity (Wildman–Crippen MR) is 197 cm³/mol. The Morgan fingerprint density at radius 3 is 1.09 bits per heavy atom. The van der Waals surface area contributed by atoms with Crippen LogP contribution in [0.4, 0.5) is 0 Å². The minimum absolute atomic E-state index is 0. The average Bonchev–Trinajstić information content (AvgIpc) is 3.03. The fourth-order valence-corrected chi connectivity index (χ4v) is 11.3. The number of rotatable bonds is 7. The van der Waals surface area contributed by atoms with E-state index in [4.69, 9.17) is 0 Å². The third kappa shape index (κ3) is 8.00. The number of hydrogen-bond donors (Lipinski definition) is 0. The minimum atomic E-state index is -0.806. The van der Waals surface area contributed by atoms with Gasteiger partial charge in [0.1, 0.15) is 0 Å². The van der Waals surface area contributed by atoms with Crippen molar-refractivity contribution in [3.63, 3.8) is 0 Å². The number of benzene rings is 6. The number of hydrogen-bond acceptors (Lipinski definition) is 0. The van der Waals surface area contributed by atoms with Gasteiger partial charge in [-0.1, -0.05) is 0 Å². The molecule has 239 valence electrons. The topological polar surface area (TPSA) is 0 Å². The standard InChI is InChI=1S/C42H39P2.2ClH.Ru/c1-29-13-21-35(22-14-29)43(36-23-15-30(2)16-24-36)39-11-7-9-33(5)41(39)42-34(6)10-8-12-40(42)44(37-25-17-31(3)18-26-37)38-27-19-32(4)20-28-38;;;/h7-9,11-28H,1-6H3;2*1H;/q;;;+2/p-2. The molecule has 0 heterocycles. The van der Waals surface area contributed by atoms with Crippen molar-refractivity contribution in [2.45, 2.75) is 41.5 Å². The van der Waals surface area contributed by atoms with Crippen molar-refractivity contribution in [2.24, 2.45) is 0 Å². The van der Waals surface area contributed by atoms with E-state index in [1.54, 1.807) is 0 Å². The van der Waals surface area contributed by atoms with Gasteiger partial charge in [0.2, 0.25) is 0 Å². The third-order valence-corrected chi connectivity index (χ3v) is 14.4. The van der Waals surface area contributed by atoms with Gasteiger partial charge in [0.15, 0.2) is 0 Å². The summed E-state index contributed by atoms with van der Waals surface area (Å²) in [7, 11) is -1.61. The molecular formula is C42H39Cl2P2Ru. The summed E-state index contributed by atoms with van der Waals surface area (Å²) in [4.78, 5) is 0. The average molecular weight is 778 g/mol. The first-order chi connectivity index (χ1) is 21.7. The van der Waals surface area contributed by atoms with Crippen molar-refractivity contribution in [2.75, 3.05) is 0 Å². The van der Waals surface area contributed by atoms with Gasteiger partial charge in [-0.3, -0.25) is 0 Å². The van der Waals surface area contributed by atoms with Crippen LogP contribution in [0.1, 0.15) is 33.4 Å². The molecule has 0 bridgehead atoms. The maximum atomic E-state index is 2.90. The summed E-state index contributed by atoms with van der Waals surface area (Å²) in [6, 6.07) is 48.6. The summed E-state index contributed by atoms with van der Waals surface area (Å²) < 4.78 is 1.26. The summed E-state index contributed by atoms with van der Waals surface area (Å²) in [5, 5.41) is 8.36. The van der Waals surface area contributed by atoms with Gasteiger partial charge in [-0.2, -0.15) is 0 Å². The van der Waals surface area contributed by atoms with Crippen LogP contribution in [0.3, 0.4) is 0 Å². The van der Waals surface area contributed by atoms with Crippen molar-refractivity contribution in [1.29, 1.82) is 0 Å². The molecule has 0 radical (unpaired) electrons. The molecule has 0 saturated carbocycles. The van der Waals surface area contributed by atoms with Crippen LogP contribution in [-0.4, -0.2) is 0 Å². The second kappa shape index (κ2) is 16.2. The van der Waals surface area contributed by atoms with E-state index in [9.17, 15) is 0 Å². The van der Waals surface area contributed by atoms with Crippen LogP contribution >= 0.6 is 15.8 Å². The van der Waals surface area contributed by atoms with Crippen LogP contribution in [0.5, 0.6) is 0 Å². The van der Waals surface area contributed by atoms with Gasteiger partial charge >= 0.3 is 284 Å². The Balaban J connectivity index is 0.00000250. The van der Waals surface area contributed by atoms with Crippen LogP contribution in [0.15, 0.2) is 127 Å². The Hall–Kier alpha value is -2.62. The molecule has 0 saturated heterocycles. The zero-order valence-electron chi connectivity index (χ0n) is 27.6. The van der Waals surface area contributed by atoms with Gasteiger partial charge < -0.3 is 24.8 Å². The molecule has 47 heavy (non-hydrogen) atoms. The molecule has 0 amide bonds. The van der Waals surface area contributed by atoms with Crippen LogP contribution in [0.2, 0.25) is 0 Å². The summed E-state index contributed by atoms with van der Waals surface area (Å²) in [5.41, 5.74) is 10.6. The Morgan fingerprint density at radius 2 is 0.723 bits per heavy atom. The first kappa shape index (κ1) is 37.2. The van der Waals surface area contributed by atoms with Crippen LogP contribution in [0, 0.1) is 41.5 Å². The van der Waals surface area contributed by atoms with Crippen molar-refractivity contribution >= 4 is 51.8 Å². The van der Waals surface area contributed by atoms with E-state index >= 15 is 0 Å². The molecule has 0 fully saturated rings. The fourth-order valence-electron chi connectivity index (χ4n) is 5.96. The van der Waals surface area contributed by atoms with E-state index in [1.807, 2.05) is 0 Å². The van der Waals surface area contributed by atoms with Gasteiger partial charge in [-0.05, 0) is 0 Å². The molecule has 6 rings (SSSR count). The Bertz CT molecular complexity index is 1860. The first-order valence-electron chi connectivity index (χ1n) is 15.5. The van der Waals surface area contributed by atoms with E-state index < -0.39 is 15.8 Å². The fraction of sp³-hybridized carbons (Fsp3) is 0.143. The second-order valence-electron chi connectivity index (χ2n) is 12.0. The first-order valence-corrected chi connectivity index (χ1v) is 19.0. The molecule has 5 heteroatoms. The van der Waals surface area contributed by atoms with Crippen molar-refractivity contribution in [3.8, 4) is 11.1 Å². The van der Waals surface area contributed by atoms with Crippen molar-refractivity contribution in [1.82, 2.24) is 0 Å². The monoisotopic (exact) mass is 777 g/mol. The Morgan fingerprint density at radius 1 is 0.383 bits per heavy atom. The van der Waals surface area contributed by atoms with E-state index in [-0.39, 0.29) is 24.8 Å². The number of aryl methyl sites for hydroxylation is 5. The van der Waals surface area contributed by atoms with Gasteiger partial charge in [0.05, 0.1) is 0 Å². The van der Waals surface area contributed by atoms with Gasteiger partial charge in [-0.25, -0.2) is 0 Å². The van der Waals surface area contributed by atoms with E-state index in [1.165, 1.54) is 80.5 Å². The molecule has 0 atom stereocenters. The minimum Gasteiger partial charge on any atom is -1.00 e. The summed E-state index contributed by atoms with van der Waals surface area (Å²) in [5.74, 6) is 0. The van der Waals surface area contributed by atoms with Crippen molar-refractivity contribution < 1.29 is 43.1 Å². The maximum absolute atomic E-state index is 2.90. The molecular weight excluding hydrogens is 738 g/mol. The molecule has 0 aromatic heterocycles. The quantitative estimate of drug-likeness (QED) is 0.172. The zero-order valence-corrected chi connectivity index (χ0v) is 32.7. The van der Waals surface area contributed by atoms with Gasteiger partial charge in [0, 0.05) is 0 Å². The molecule has 0 spiro atoms. The predicted octanol–water partition coefficient (Wildman–Crippen LogP) is 1.90. The molecule has 0 unspecified atom stereocenters. The normalized spacial score (nSPS) is 10.9. The summed E-state index contributed by atoms with van der Waals surface area (Å²) >= 11 is 2.90. The molecule has 0 aliphatic heterocycles. The van der Waals surface area contributed by atoms with E-state index in [0.717, 1.165) is 0 Å². The molecule has 6 aromatic carbocycles. The molecule has 0 aliphatic rings. The summed E-state index contributed by atoms with van der Waals surface area (Å²) in [6.07, 6.45) is 0. The maximum Gasteiger partial charge on any atom is -1.00 e. The second-order valence-corrected chi connectivity index (χ2v) is 17.3. The van der Waals surface area contributed by atoms with E-state index in [0.29, 0.717) is 0 Å². The summed E-state index contributed by atoms with van der Waals surface area (Å²) in [6.45, 7) is 13.3. The van der Waals surface area contributed by atoms with Gasteiger partial charge in [-0.15, -0.1) is 0 Å². The van der Waals surface area contributed by atoms with Crippen molar-refractivity contribution in [3.05, 3.63) is 161 Å². The van der Waals surface area contributed by atoms with E-state index in [2.05, 4.69) is 187 Å². The smallest absolute Gasteiger partial charge is 1.00 e. The molecule has 0 N–H and O–H groups in total. The van der Waals surface area contributed by atoms with Crippen LogP contribution in [0.25, 0.3) is 11.1 Å². The SMILES string of the molecule is Cc1ccc(P(c2ccc(C)cc2)c2cccc(C)c2-c2c(P(c3ccc(C)cc3)c3ccc(C)cc3)cc[c]([Ru+2])c2C)cc1.[Cl-].[Cl-]. The van der Waals surface area contributed by atoms with Gasteiger partial charge in [0.25, 0.3) is 0 Å². The number of halogens is 2. The largest absolute Gasteiger partial charge is 1.00 e.